The summed E-state index contributed by atoms with van der Waals surface area (Å²) in [6.45, 7) is 2.04. The van der Waals surface area contributed by atoms with Crippen LogP contribution in [0.4, 0.5) is 0 Å². The molecule has 2 heterocycles. The molecule has 1 aliphatic carbocycles. The first kappa shape index (κ1) is 13.4. The lowest BCUT2D eigenvalue weighted by Crippen LogP contribution is -1.99. The fourth-order valence-corrected chi connectivity index (χ4v) is 2.95. The second kappa shape index (κ2) is 5.53. The van der Waals surface area contributed by atoms with Gasteiger partial charge in [-0.05, 0) is 42.3 Å². The average molecular weight is 314 g/mol. The Morgan fingerprint density at radius 1 is 1.36 bits per heavy atom. The molecule has 0 atom stereocenters. The van der Waals surface area contributed by atoms with Gasteiger partial charge in [0.25, 0.3) is 5.89 Å². The van der Waals surface area contributed by atoms with Crippen molar-refractivity contribution in [3.05, 3.63) is 35.7 Å². The van der Waals surface area contributed by atoms with Crippen molar-refractivity contribution >= 4 is 11.8 Å². The minimum atomic E-state index is 0.464. The maximum atomic E-state index is 5.33. The minimum absolute atomic E-state index is 0.464. The highest BCUT2D eigenvalue weighted by atomic mass is 32.2. The lowest BCUT2D eigenvalue weighted by atomic mass is 10.1. The van der Waals surface area contributed by atoms with Crippen molar-refractivity contribution in [1.29, 1.82) is 0 Å². The van der Waals surface area contributed by atoms with Gasteiger partial charge in [0.15, 0.2) is 5.82 Å². The number of aromatic nitrogens is 6. The monoisotopic (exact) mass is 314 g/mol. The first-order valence-corrected chi connectivity index (χ1v) is 8.08. The van der Waals surface area contributed by atoms with Crippen LogP contribution in [-0.4, -0.2) is 30.3 Å². The molecule has 0 unspecified atom stereocenters. The van der Waals surface area contributed by atoms with E-state index in [-0.39, 0.29) is 0 Å². The number of thioether (sulfide) groups is 1. The zero-order valence-corrected chi connectivity index (χ0v) is 12.8. The Hall–Kier alpha value is -2.22. The van der Waals surface area contributed by atoms with Crippen LogP contribution in [0.1, 0.15) is 30.3 Å². The molecular formula is C14H14N6OS. The minimum Gasteiger partial charge on any atom is -0.334 e. The van der Waals surface area contributed by atoms with E-state index in [2.05, 4.69) is 25.7 Å². The van der Waals surface area contributed by atoms with Gasteiger partial charge in [0.1, 0.15) is 0 Å². The zero-order valence-electron chi connectivity index (χ0n) is 12.0. The summed E-state index contributed by atoms with van der Waals surface area (Å²) in [5.74, 6) is 1.77. The predicted octanol–water partition coefficient (Wildman–Crippen LogP) is 2.66. The van der Waals surface area contributed by atoms with E-state index in [1.807, 2.05) is 35.9 Å². The Kier molecular flexibility index (Phi) is 3.38. The average Bonchev–Trinajstić information content (AvgIpc) is 3.08. The summed E-state index contributed by atoms with van der Waals surface area (Å²) in [6, 6.07) is 8.47. The topological polar surface area (TPSA) is 82.5 Å². The second-order valence-electron chi connectivity index (χ2n) is 5.31. The van der Waals surface area contributed by atoms with Crippen LogP contribution in [0.2, 0.25) is 0 Å². The molecule has 3 aromatic rings. The molecule has 1 saturated carbocycles. The molecule has 4 rings (SSSR count). The van der Waals surface area contributed by atoms with E-state index in [1.165, 1.54) is 11.8 Å². The number of hydrogen-bond acceptors (Lipinski definition) is 7. The Morgan fingerprint density at radius 3 is 3.09 bits per heavy atom. The fourth-order valence-electron chi connectivity index (χ4n) is 2.17. The molecule has 7 nitrogen and oxygen atoms in total. The quantitative estimate of drug-likeness (QED) is 0.669. The highest BCUT2D eigenvalue weighted by Crippen LogP contribution is 2.36. The van der Waals surface area contributed by atoms with Crippen molar-refractivity contribution in [3.8, 4) is 11.5 Å². The third-order valence-electron chi connectivity index (χ3n) is 3.42. The van der Waals surface area contributed by atoms with Gasteiger partial charge < -0.3 is 4.52 Å². The molecule has 2 aromatic heterocycles. The summed E-state index contributed by atoms with van der Waals surface area (Å²) < 4.78 is 7.21. The van der Waals surface area contributed by atoms with Crippen LogP contribution >= 0.6 is 11.8 Å². The molecule has 112 valence electrons. The summed E-state index contributed by atoms with van der Waals surface area (Å²) in [5, 5.41) is 16.6. The lowest BCUT2D eigenvalue weighted by molar-refractivity contribution is 0.425. The molecule has 0 radical (unpaired) electrons. The molecule has 0 N–H and O–H groups in total. The summed E-state index contributed by atoms with van der Waals surface area (Å²) >= 11 is 1.53. The first-order chi connectivity index (χ1) is 10.8. The maximum Gasteiger partial charge on any atom is 0.257 e. The number of aryl methyl sites for hydroxylation is 1. The van der Waals surface area contributed by atoms with E-state index in [1.54, 1.807) is 0 Å². The van der Waals surface area contributed by atoms with Gasteiger partial charge in [-0.15, -0.1) is 5.10 Å². The van der Waals surface area contributed by atoms with Gasteiger partial charge >= 0.3 is 0 Å². The standard InChI is InChI=1S/C14H14N6OS/c1-9-3-2-4-10(7-9)13-15-12(17-21-13)8-22-14-16-18-19-20(14)11-5-6-11/h2-4,7,11H,5-6,8H2,1H3. The van der Waals surface area contributed by atoms with E-state index in [4.69, 9.17) is 4.52 Å². The van der Waals surface area contributed by atoms with E-state index < -0.39 is 0 Å². The van der Waals surface area contributed by atoms with Crippen LogP contribution in [0.15, 0.2) is 33.9 Å². The zero-order chi connectivity index (χ0) is 14.9. The van der Waals surface area contributed by atoms with Gasteiger partial charge in [-0.2, -0.15) is 4.98 Å². The molecule has 0 amide bonds. The van der Waals surface area contributed by atoms with Crippen molar-refractivity contribution in [2.24, 2.45) is 0 Å². The van der Waals surface area contributed by atoms with Crippen molar-refractivity contribution in [1.82, 2.24) is 30.3 Å². The Balaban J connectivity index is 1.47. The molecule has 0 aliphatic heterocycles. The number of tetrazole rings is 1. The van der Waals surface area contributed by atoms with Crippen LogP contribution in [0.3, 0.4) is 0 Å². The molecule has 0 bridgehead atoms. The van der Waals surface area contributed by atoms with Gasteiger partial charge in [-0.3, -0.25) is 0 Å². The molecule has 0 spiro atoms. The third-order valence-corrected chi connectivity index (χ3v) is 4.35. The van der Waals surface area contributed by atoms with Gasteiger partial charge in [0.05, 0.1) is 11.8 Å². The Labute approximate surface area is 131 Å². The normalized spacial score (nSPS) is 14.4. The van der Waals surface area contributed by atoms with Crippen molar-refractivity contribution in [3.63, 3.8) is 0 Å². The Bertz CT molecular complexity index is 794. The largest absolute Gasteiger partial charge is 0.334 e. The predicted molar refractivity (Wildman–Crippen MR) is 80.1 cm³/mol. The number of benzene rings is 1. The van der Waals surface area contributed by atoms with Gasteiger partial charge in [-0.25, -0.2) is 4.68 Å². The molecule has 0 saturated heterocycles. The van der Waals surface area contributed by atoms with Crippen LogP contribution < -0.4 is 0 Å². The first-order valence-electron chi connectivity index (χ1n) is 7.10. The summed E-state index contributed by atoms with van der Waals surface area (Å²) in [7, 11) is 0. The smallest absolute Gasteiger partial charge is 0.257 e. The van der Waals surface area contributed by atoms with Crippen LogP contribution in [0.5, 0.6) is 0 Å². The van der Waals surface area contributed by atoms with Crippen molar-refractivity contribution in [2.45, 2.75) is 36.7 Å². The summed E-state index contributed by atoms with van der Waals surface area (Å²) in [6.07, 6.45) is 2.30. The molecule has 8 heteroatoms. The van der Waals surface area contributed by atoms with Gasteiger partial charge in [0, 0.05) is 5.56 Å². The second-order valence-corrected chi connectivity index (χ2v) is 6.25. The summed E-state index contributed by atoms with van der Waals surface area (Å²) in [5.41, 5.74) is 2.10. The van der Waals surface area contributed by atoms with E-state index in [0.717, 1.165) is 29.1 Å². The van der Waals surface area contributed by atoms with E-state index in [9.17, 15) is 0 Å². The molecule has 1 aliphatic rings. The number of nitrogens with zero attached hydrogens (tertiary/aromatic N) is 6. The third kappa shape index (κ3) is 2.74. The fraction of sp³-hybridized carbons (Fsp3) is 0.357. The van der Waals surface area contributed by atoms with Crippen molar-refractivity contribution < 1.29 is 4.52 Å². The van der Waals surface area contributed by atoms with Crippen LogP contribution in [0, 0.1) is 6.92 Å². The molecular weight excluding hydrogens is 300 g/mol. The highest BCUT2D eigenvalue weighted by molar-refractivity contribution is 7.98. The lowest BCUT2D eigenvalue weighted by Gasteiger charge is -1.99. The SMILES string of the molecule is Cc1cccc(-c2nc(CSc3nnnn3C3CC3)no2)c1. The van der Waals surface area contributed by atoms with Crippen LogP contribution in [0.25, 0.3) is 11.5 Å². The van der Waals surface area contributed by atoms with Crippen molar-refractivity contribution in [2.75, 3.05) is 0 Å². The highest BCUT2D eigenvalue weighted by Gasteiger charge is 2.28. The molecule has 1 aromatic carbocycles. The van der Waals surface area contributed by atoms with Crippen LogP contribution in [-0.2, 0) is 5.75 Å². The van der Waals surface area contributed by atoms with Gasteiger partial charge in [0.2, 0.25) is 5.16 Å². The number of hydrogen-bond donors (Lipinski definition) is 0. The molecule has 1 fully saturated rings. The van der Waals surface area contributed by atoms with E-state index in [0.29, 0.717) is 23.5 Å². The van der Waals surface area contributed by atoms with E-state index >= 15 is 0 Å². The summed E-state index contributed by atoms with van der Waals surface area (Å²) in [4.78, 5) is 4.43. The molecule has 22 heavy (non-hydrogen) atoms. The van der Waals surface area contributed by atoms with Gasteiger partial charge in [-0.1, -0.05) is 34.6 Å². The number of rotatable bonds is 5. The Morgan fingerprint density at radius 2 is 2.27 bits per heavy atom. The maximum absolute atomic E-state index is 5.33.